The van der Waals surface area contributed by atoms with Crippen molar-refractivity contribution in [2.24, 2.45) is 0 Å². The van der Waals surface area contributed by atoms with Crippen molar-refractivity contribution < 1.29 is 4.74 Å². The van der Waals surface area contributed by atoms with Crippen LogP contribution in [0.25, 0.3) is 0 Å². The first-order valence-electron chi connectivity index (χ1n) is 6.93. The van der Waals surface area contributed by atoms with Crippen molar-refractivity contribution >= 4 is 5.95 Å². The highest BCUT2D eigenvalue weighted by Crippen LogP contribution is 2.25. The SMILES string of the molecule is CCCNc1nc(C)cc(Oc2cc(C)ccc2C)n1. The predicted molar refractivity (Wildman–Crippen MR) is 81.5 cm³/mol. The van der Waals surface area contributed by atoms with E-state index < -0.39 is 0 Å². The summed E-state index contributed by atoms with van der Waals surface area (Å²) in [4.78, 5) is 8.74. The molecule has 2 rings (SSSR count). The molecule has 0 atom stereocenters. The summed E-state index contributed by atoms with van der Waals surface area (Å²) in [5.41, 5.74) is 3.15. The Morgan fingerprint density at radius 2 is 1.90 bits per heavy atom. The number of aryl methyl sites for hydroxylation is 3. The molecule has 0 amide bonds. The van der Waals surface area contributed by atoms with Crippen molar-refractivity contribution in [1.82, 2.24) is 9.97 Å². The van der Waals surface area contributed by atoms with E-state index in [4.69, 9.17) is 4.74 Å². The summed E-state index contributed by atoms with van der Waals surface area (Å²) in [5, 5.41) is 3.19. The Bertz CT molecular complexity index is 596. The molecule has 0 bridgehead atoms. The topological polar surface area (TPSA) is 47.0 Å². The van der Waals surface area contributed by atoms with Crippen molar-refractivity contribution in [1.29, 1.82) is 0 Å². The van der Waals surface area contributed by atoms with Gasteiger partial charge in [-0.15, -0.1) is 0 Å². The molecular formula is C16H21N3O. The maximum atomic E-state index is 5.90. The fourth-order valence-electron chi connectivity index (χ4n) is 1.84. The summed E-state index contributed by atoms with van der Waals surface area (Å²) in [6, 6.07) is 7.99. The van der Waals surface area contributed by atoms with Crippen LogP contribution in [0.5, 0.6) is 11.6 Å². The number of ether oxygens (including phenoxy) is 1. The third kappa shape index (κ3) is 3.70. The van der Waals surface area contributed by atoms with Crippen LogP contribution in [0.4, 0.5) is 5.95 Å². The third-order valence-electron chi connectivity index (χ3n) is 2.92. The van der Waals surface area contributed by atoms with Crippen LogP contribution in [0.1, 0.15) is 30.2 Å². The van der Waals surface area contributed by atoms with Gasteiger partial charge in [-0.1, -0.05) is 19.1 Å². The zero-order valence-electron chi connectivity index (χ0n) is 12.5. The molecule has 1 aromatic carbocycles. The third-order valence-corrected chi connectivity index (χ3v) is 2.92. The molecule has 1 heterocycles. The lowest BCUT2D eigenvalue weighted by atomic mass is 10.1. The maximum Gasteiger partial charge on any atom is 0.226 e. The van der Waals surface area contributed by atoms with Crippen molar-refractivity contribution in [3.8, 4) is 11.6 Å². The quantitative estimate of drug-likeness (QED) is 0.892. The van der Waals surface area contributed by atoms with Gasteiger partial charge in [-0.05, 0) is 44.4 Å². The Morgan fingerprint density at radius 1 is 1.10 bits per heavy atom. The van der Waals surface area contributed by atoms with Gasteiger partial charge < -0.3 is 10.1 Å². The van der Waals surface area contributed by atoms with Crippen molar-refractivity contribution in [3.05, 3.63) is 41.1 Å². The van der Waals surface area contributed by atoms with Crippen molar-refractivity contribution in [2.75, 3.05) is 11.9 Å². The minimum absolute atomic E-state index is 0.574. The summed E-state index contributed by atoms with van der Waals surface area (Å²) >= 11 is 0. The van der Waals surface area contributed by atoms with Gasteiger partial charge in [0.25, 0.3) is 0 Å². The van der Waals surface area contributed by atoms with E-state index in [1.807, 2.05) is 32.9 Å². The van der Waals surface area contributed by atoms with Gasteiger partial charge in [-0.2, -0.15) is 4.98 Å². The molecule has 0 saturated heterocycles. The number of hydrogen-bond acceptors (Lipinski definition) is 4. The summed E-state index contributed by atoms with van der Waals surface area (Å²) in [5.74, 6) is 2.03. The standard InChI is InChI=1S/C16H21N3O/c1-5-8-17-16-18-13(4)10-15(19-16)20-14-9-11(2)6-7-12(14)3/h6-7,9-10H,5,8H2,1-4H3,(H,17,18,19). The second-order valence-electron chi connectivity index (χ2n) is 4.97. The van der Waals surface area contributed by atoms with Gasteiger partial charge in [0.15, 0.2) is 0 Å². The molecule has 0 fully saturated rings. The Hall–Kier alpha value is -2.10. The number of benzene rings is 1. The molecule has 0 spiro atoms. The highest BCUT2D eigenvalue weighted by molar-refractivity contribution is 5.39. The molecule has 0 aliphatic rings. The van der Waals surface area contributed by atoms with Gasteiger partial charge in [0, 0.05) is 18.3 Å². The summed E-state index contributed by atoms with van der Waals surface area (Å²) in [7, 11) is 0. The number of hydrogen-bond donors (Lipinski definition) is 1. The summed E-state index contributed by atoms with van der Waals surface area (Å²) in [6.45, 7) is 8.97. The molecule has 20 heavy (non-hydrogen) atoms. The molecule has 0 radical (unpaired) electrons. The molecule has 106 valence electrons. The van der Waals surface area contributed by atoms with Crippen LogP contribution in [0.2, 0.25) is 0 Å². The summed E-state index contributed by atoms with van der Waals surface area (Å²) in [6.07, 6.45) is 1.03. The molecule has 2 aromatic rings. The number of aromatic nitrogens is 2. The average molecular weight is 271 g/mol. The molecule has 0 saturated carbocycles. The van der Waals surface area contributed by atoms with Crippen LogP contribution < -0.4 is 10.1 Å². The van der Waals surface area contributed by atoms with Gasteiger partial charge in [0.1, 0.15) is 5.75 Å². The van der Waals surface area contributed by atoms with Gasteiger partial charge in [0.05, 0.1) is 0 Å². The second kappa shape index (κ2) is 6.37. The Morgan fingerprint density at radius 3 is 2.65 bits per heavy atom. The van der Waals surface area contributed by atoms with Crippen LogP contribution in [0, 0.1) is 20.8 Å². The van der Waals surface area contributed by atoms with Crippen LogP contribution in [-0.2, 0) is 0 Å². The normalized spacial score (nSPS) is 10.4. The number of nitrogens with zero attached hydrogens (tertiary/aromatic N) is 2. The molecular weight excluding hydrogens is 250 g/mol. The highest BCUT2D eigenvalue weighted by atomic mass is 16.5. The zero-order valence-corrected chi connectivity index (χ0v) is 12.5. The Kier molecular flexibility index (Phi) is 4.56. The molecule has 1 N–H and O–H groups in total. The van der Waals surface area contributed by atoms with Crippen molar-refractivity contribution in [3.63, 3.8) is 0 Å². The van der Waals surface area contributed by atoms with E-state index >= 15 is 0 Å². The van der Waals surface area contributed by atoms with E-state index in [2.05, 4.69) is 34.3 Å². The molecule has 0 aliphatic carbocycles. The molecule has 4 heteroatoms. The smallest absolute Gasteiger partial charge is 0.226 e. The van der Waals surface area contributed by atoms with E-state index in [0.29, 0.717) is 11.8 Å². The minimum Gasteiger partial charge on any atom is -0.439 e. The van der Waals surface area contributed by atoms with Crippen LogP contribution in [0.3, 0.4) is 0 Å². The van der Waals surface area contributed by atoms with Crippen LogP contribution >= 0.6 is 0 Å². The monoisotopic (exact) mass is 271 g/mol. The largest absolute Gasteiger partial charge is 0.439 e. The number of nitrogens with one attached hydrogen (secondary N) is 1. The first-order valence-corrected chi connectivity index (χ1v) is 6.93. The Balaban J connectivity index is 2.24. The molecule has 0 aliphatic heterocycles. The fourth-order valence-corrected chi connectivity index (χ4v) is 1.84. The lowest BCUT2D eigenvalue weighted by Crippen LogP contribution is -2.06. The second-order valence-corrected chi connectivity index (χ2v) is 4.97. The maximum absolute atomic E-state index is 5.90. The van der Waals surface area contributed by atoms with Gasteiger partial charge in [-0.3, -0.25) is 0 Å². The number of anilines is 1. The van der Waals surface area contributed by atoms with E-state index in [0.717, 1.165) is 30.0 Å². The van der Waals surface area contributed by atoms with Crippen LogP contribution in [0.15, 0.2) is 24.3 Å². The van der Waals surface area contributed by atoms with Gasteiger partial charge in [0.2, 0.25) is 11.8 Å². The first-order chi connectivity index (χ1) is 9.58. The molecule has 0 unspecified atom stereocenters. The highest BCUT2D eigenvalue weighted by Gasteiger charge is 2.06. The summed E-state index contributed by atoms with van der Waals surface area (Å²) < 4.78 is 5.90. The van der Waals surface area contributed by atoms with E-state index in [9.17, 15) is 0 Å². The fraction of sp³-hybridized carbons (Fsp3) is 0.375. The molecule has 1 aromatic heterocycles. The van der Waals surface area contributed by atoms with Crippen LogP contribution in [-0.4, -0.2) is 16.5 Å². The number of rotatable bonds is 5. The van der Waals surface area contributed by atoms with Gasteiger partial charge >= 0.3 is 0 Å². The lowest BCUT2D eigenvalue weighted by Gasteiger charge is -2.11. The van der Waals surface area contributed by atoms with Gasteiger partial charge in [-0.25, -0.2) is 4.98 Å². The average Bonchev–Trinajstić information content (AvgIpc) is 2.40. The van der Waals surface area contributed by atoms with Crippen molar-refractivity contribution in [2.45, 2.75) is 34.1 Å². The minimum atomic E-state index is 0.574. The first kappa shape index (κ1) is 14.3. The van der Waals surface area contributed by atoms with E-state index in [1.54, 1.807) is 0 Å². The Labute approximate surface area is 120 Å². The zero-order chi connectivity index (χ0) is 14.5. The molecule has 4 nitrogen and oxygen atoms in total. The lowest BCUT2D eigenvalue weighted by molar-refractivity contribution is 0.458. The van der Waals surface area contributed by atoms with E-state index in [1.165, 1.54) is 5.56 Å². The predicted octanol–water partition coefficient (Wildman–Crippen LogP) is 4.02. The van der Waals surface area contributed by atoms with E-state index in [-0.39, 0.29) is 0 Å².